The van der Waals surface area contributed by atoms with Gasteiger partial charge in [-0.25, -0.2) is 9.78 Å². The zero-order valence-electron chi connectivity index (χ0n) is 14.1. The first-order valence-electron chi connectivity index (χ1n) is 7.89. The number of aromatic nitrogens is 4. The van der Waals surface area contributed by atoms with Crippen molar-refractivity contribution in [1.29, 1.82) is 0 Å². The Morgan fingerprint density at radius 2 is 1.96 bits per heavy atom. The molecule has 8 nitrogen and oxygen atoms in total. The summed E-state index contributed by atoms with van der Waals surface area (Å²) in [5.74, 6) is -0.136. The summed E-state index contributed by atoms with van der Waals surface area (Å²) in [4.78, 5) is 44.0. The van der Waals surface area contributed by atoms with Crippen molar-refractivity contribution >= 4 is 17.1 Å². The molecule has 25 heavy (non-hydrogen) atoms. The molecule has 0 unspecified atom stereocenters. The lowest BCUT2D eigenvalue weighted by Gasteiger charge is -2.17. The summed E-state index contributed by atoms with van der Waals surface area (Å²) in [5.41, 5.74) is 0.548. The number of nitrogens with zero attached hydrogens (tertiary/aromatic N) is 4. The average molecular weight is 341 g/mol. The number of aromatic amines is 1. The third-order valence-electron chi connectivity index (χ3n) is 4.19. The molecule has 0 fully saturated rings. The highest BCUT2D eigenvalue weighted by atomic mass is 16.2. The second-order valence-corrected chi connectivity index (χ2v) is 5.91. The second kappa shape index (κ2) is 6.76. The van der Waals surface area contributed by atoms with Crippen LogP contribution in [0.3, 0.4) is 0 Å². The highest BCUT2D eigenvalue weighted by Crippen LogP contribution is 2.06. The number of fused-ring (bicyclic) bond motifs is 1. The Balaban J connectivity index is 1.75. The Kier molecular flexibility index (Phi) is 4.51. The fourth-order valence-electron chi connectivity index (χ4n) is 2.64. The Hall–Kier alpha value is -3.16. The van der Waals surface area contributed by atoms with Gasteiger partial charge in [-0.2, -0.15) is 0 Å². The van der Waals surface area contributed by atoms with Gasteiger partial charge in [0.05, 0.1) is 6.33 Å². The highest BCUT2D eigenvalue weighted by Gasteiger charge is 2.15. The first-order chi connectivity index (χ1) is 12.0. The second-order valence-electron chi connectivity index (χ2n) is 5.91. The number of benzene rings is 1. The number of rotatable bonds is 5. The lowest BCUT2D eigenvalue weighted by molar-refractivity contribution is -0.130. The number of carbonyl (C=O) groups is 1. The van der Waals surface area contributed by atoms with Crippen LogP contribution in [0.25, 0.3) is 11.2 Å². The van der Waals surface area contributed by atoms with Gasteiger partial charge in [-0.15, -0.1) is 0 Å². The zero-order valence-corrected chi connectivity index (χ0v) is 14.1. The molecule has 0 spiro atoms. The SMILES string of the molecule is CN(CCc1ccccc1)C(=O)Cn1cnc2c1c(=O)[nH]c(=O)n2C. The molecule has 3 rings (SSSR count). The molecule has 0 bridgehead atoms. The summed E-state index contributed by atoms with van der Waals surface area (Å²) in [6, 6.07) is 9.91. The Labute approximate surface area is 143 Å². The van der Waals surface area contributed by atoms with Gasteiger partial charge in [0, 0.05) is 20.6 Å². The minimum atomic E-state index is -0.546. The van der Waals surface area contributed by atoms with E-state index >= 15 is 0 Å². The number of hydrogen-bond acceptors (Lipinski definition) is 4. The molecule has 2 heterocycles. The van der Waals surface area contributed by atoms with Crippen LogP contribution in [0.15, 0.2) is 46.2 Å². The number of H-pyrrole nitrogens is 1. The lowest BCUT2D eigenvalue weighted by atomic mass is 10.1. The van der Waals surface area contributed by atoms with Crippen molar-refractivity contribution in [3.63, 3.8) is 0 Å². The van der Waals surface area contributed by atoms with Crippen molar-refractivity contribution in [2.75, 3.05) is 13.6 Å². The highest BCUT2D eigenvalue weighted by molar-refractivity contribution is 5.78. The van der Waals surface area contributed by atoms with E-state index in [0.29, 0.717) is 6.54 Å². The van der Waals surface area contributed by atoms with Gasteiger partial charge in [-0.3, -0.25) is 19.1 Å². The van der Waals surface area contributed by atoms with E-state index < -0.39 is 11.2 Å². The van der Waals surface area contributed by atoms with Crippen LogP contribution < -0.4 is 11.2 Å². The van der Waals surface area contributed by atoms with Crippen LogP contribution in [0, 0.1) is 0 Å². The van der Waals surface area contributed by atoms with E-state index in [1.807, 2.05) is 30.3 Å². The van der Waals surface area contributed by atoms with Crippen LogP contribution in [0.1, 0.15) is 5.56 Å². The molecule has 1 amide bonds. The van der Waals surface area contributed by atoms with Gasteiger partial charge < -0.3 is 9.47 Å². The van der Waals surface area contributed by atoms with Crippen molar-refractivity contribution in [1.82, 2.24) is 24.0 Å². The molecular formula is C17H19N5O3. The van der Waals surface area contributed by atoms with E-state index in [2.05, 4.69) is 9.97 Å². The van der Waals surface area contributed by atoms with Crippen LogP contribution in [0.5, 0.6) is 0 Å². The van der Waals surface area contributed by atoms with Crippen molar-refractivity contribution in [2.45, 2.75) is 13.0 Å². The Morgan fingerprint density at radius 3 is 2.68 bits per heavy atom. The minimum Gasteiger partial charge on any atom is -0.344 e. The van der Waals surface area contributed by atoms with Crippen molar-refractivity contribution in [2.24, 2.45) is 7.05 Å². The maximum Gasteiger partial charge on any atom is 0.329 e. The molecule has 1 N–H and O–H groups in total. The quantitative estimate of drug-likeness (QED) is 0.714. The molecule has 3 aromatic rings. The molecular weight excluding hydrogens is 322 g/mol. The average Bonchev–Trinajstić information content (AvgIpc) is 3.03. The third-order valence-corrected chi connectivity index (χ3v) is 4.19. The van der Waals surface area contributed by atoms with E-state index in [-0.39, 0.29) is 23.6 Å². The van der Waals surface area contributed by atoms with Gasteiger partial charge in [-0.05, 0) is 12.0 Å². The summed E-state index contributed by atoms with van der Waals surface area (Å²) in [6.45, 7) is 0.563. The van der Waals surface area contributed by atoms with E-state index in [1.165, 1.54) is 22.5 Å². The summed E-state index contributed by atoms with van der Waals surface area (Å²) in [6.07, 6.45) is 2.16. The van der Waals surface area contributed by atoms with Crippen LogP contribution in [-0.4, -0.2) is 43.5 Å². The van der Waals surface area contributed by atoms with Crippen LogP contribution in [0.2, 0.25) is 0 Å². The van der Waals surface area contributed by atoms with Gasteiger partial charge in [0.15, 0.2) is 11.2 Å². The standard InChI is InChI=1S/C17H19N5O3/c1-20(9-8-12-6-4-3-5-7-12)13(23)10-22-11-18-15-14(22)16(24)19-17(25)21(15)2/h3-7,11H,8-10H2,1-2H3,(H,19,24,25). The molecule has 0 aliphatic heterocycles. The zero-order chi connectivity index (χ0) is 18.0. The predicted octanol–water partition coefficient (Wildman–Crippen LogP) is 0.124. The predicted molar refractivity (Wildman–Crippen MR) is 93.4 cm³/mol. The fourth-order valence-corrected chi connectivity index (χ4v) is 2.64. The first-order valence-corrected chi connectivity index (χ1v) is 7.89. The van der Waals surface area contributed by atoms with Gasteiger partial charge in [0.2, 0.25) is 5.91 Å². The Bertz CT molecular complexity index is 1020. The molecule has 2 aromatic heterocycles. The fraction of sp³-hybridized carbons (Fsp3) is 0.294. The normalized spacial score (nSPS) is 11.0. The molecule has 130 valence electrons. The van der Waals surface area contributed by atoms with Crippen molar-refractivity contribution in [3.05, 3.63) is 63.1 Å². The van der Waals surface area contributed by atoms with Crippen molar-refractivity contribution < 1.29 is 4.79 Å². The smallest absolute Gasteiger partial charge is 0.329 e. The first kappa shape index (κ1) is 16.7. The Morgan fingerprint density at radius 1 is 1.24 bits per heavy atom. The summed E-state index contributed by atoms with van der Waals surface area (Å²) >= 11 is 0. The van der Waals surface area contributed by atoms with Gasteiger partial charge >= 0.3 is 5.69 Å². The topological polar surface area (TPSA) is 93.0 Å². The molecule has 8 heteroatoms. The van der Waals surface area contributed by atoms with E-state index in [0.717, 1.165) is 12.0 Å². The maximum atomic E-state index is 12.4. The third kappa shape index (κ3) is 3.37. The number of nitrogens with one attached hydrogen (secondary N) is 1. The van der Waals surface area contributed by atoms with Crippen LogP contribution in [-0.2, 0) is 24.8 Å². The van der Waals surface area contributed by atoms with Crippen LogP contribution in [0.4, 0.5) is 0 Å². The molecule has 1 aromatic carbocycles. The van der Waals surface area contributed by atoms with E-state index in [9.17, 15) is 14.4 Å². The molecule has 0 saturated heterocycles. The summed E-state index contributed by atoms with van der Waals surface area (Å²) in [7, 11) is 3.25. The van der Waals surface area contributed by atoms with Crippen LogP contribution >= 0.6 is 0 Å². The molecule has 0 atom stereocenters. The number of likely N-dealkylation sites (N-methyl/N-ethyl adjacent to an activating group) is 1. The van der Waals surface area contributed by atoms with E-state index in [1.54, 1.807) is 11.9 Å². The van der Waals surface area contributed by atoms with E-state index in [4.69, 9.17) is 0 Å². The van der Waals surface area contributed by atoms with Gasteiger partial charge in [0.25, 0.3) is 5.56 Å². The lowest BCUT2D eigenvalue weighted by Crippen LogP contribution is -2.33. The number of aryl methyl sites for hydroxylation is 1. The molecule has 0 aliphatic carbocycles. The largest absolute Gasteiger partial charge is 0.344 e. The number of hydrogen-bond donors (Lipinski definition) is 1. The van der Waals surface area contributed by atoms with Gasteiger partial charge in [0.1, 0.15) is 6.54 Å². The molecule has 0 radical (unpaired) electrons. The maximum absolute atomic E-state index is 12.4. The monoisotopic (exact) mass is 341 g/mol. The number of carbonyl (C=O) groups excluding carboxylic acids is 1. The number of amides is 1. The molecule has 0 aliphatic rings. The minimum absolute atomic E-state index is 0.0108. The van der Waals surface area contributed by atoms with Gasteiger partial charge in [-0.1, -0.05) is 30.3 Å². The van der Waals surface area contributed by atoms with Crippen molar-refractivity contribution in [3.8, 4) is 0 Å². The molecule has 0 saturated carbocycles. The number of imidazole rings is 1. The summed E-state index contributed by atoms with van der Waals surface area (Å²) in [5, 5.41) is 0. The summed E-state index contributed by atoms with van der Waals surface area (Å²) < 4.78 is 2.71.